The van der Waals surface area contributed by atoms with Crippen molar-refractivity contribution in [3.63, 3.8) is 0 Å². The van der Waals surface area contributed by atoms with E-state index in [0.717, 1.165) is 22.3 Å². The van der Waals surface area contributed by atoms with Gasteiger partial charge in [-0.25, -0.2) is 4.98 Å². The van der Waals surface area contributed by atoms with Crippen LogP contribution in [0.15, 0.2) is 48.5 Å². The molecule has 2 heterocycles. The topological polar surface area (TPSA) is 76.2 Å². The van der Waals surface area contributed by atoms with Crippen molar-refractivity contribution in [3.05, 3.63) is 54.1 Å². The third-order valence-corrected chi connectivity index (χ3v) is 5.04. The summed E-state index contributed by atoms with van der Waals surface area (Å²) in [5.41, 5.74) is 2.06. The average Bonchev–Trinajstić information content (AvgIpc) is 3.11. The van der Waals surface area contributed by atoms with Gasteiger partial charge in [-0.2, -0.15) is 0 Å². The molecule has 0 bridgehead atoms. The minimum Gasteiger partial charge on any atom is -0.497 e. The molecule has 0 radical (unpaired) electrons. The van der Waals surface area contributed by atoms with Crippen LogP contribution in [0.3, 0.4) is 0 Å². The fourth-order valence-corrected chi connectivity index (χ4v) is 3.52. The second-order valence-electron chi connectivity index (χ2n) is 6.48. The lowest BCUT2D eigenvalue weighted by Gasteiger charge is -2.36. The van der Waals surface area contributed by atoms with Crippen molar-refractivity contribution in [1.29, 1.82) is 0 Å². The van der Waals surface area contributed by atoms with Crippen molar-refractivity contribution in [3.8, 4) is 5.75 Å². The van der Waals surface area contributed by atoms with E-state index < -0.39 is 5.41 Å². The minimum atomic E-state index is -0.635. The summed E-state index contributed by atoms with van der Waals surface area (Å²) >= 11 is 0. The molecule has 3 aromatic rings. The molecule has 6 heteroatoms. The molecule has 1 aliphatic rings. The lowest BCUT2D eigenvalue weighted by Crippen LogP contribution is -2.45. The predicted octanol–water partition coefficient (Wildman–Crippen LogP) is 3.26. The van der Waals surface area contributed by atoms with Gasteiger partial charge in [0, 0.05) is 13.2 Å². The van der Waals surface area contributed by atoms with E-state index >= 15 is 0 Å². The molecule has 0 saturated carbocycles. The van der Waals surface area contributed by atoms with Crippen LogP contribution in [0.4, 0.5) is 5.95 Å². The van der Waals surface area contributed by atoms with Crippen molar-refractivity contribution in [1.82, 2.24) is 9.97 Å². The standard InChI is InChI=1S/C20H21N3O3/c1-25-15-8-6-14(7-9-15)20(10-12-26-13-11-20)18(24)23-19-21-16-4-2-3-5-17(16)22-19/h2-9H,10-13H2,1H3,(H2,21,22,23,24). The molecule has 0 unspecified atom stereocenters. The normalized spacial score (nSPS) is 16.3. The highest BCUT2D eigenvalue weighted by molar-refractivity contribution is 5.99. The summed E-state index contributed by atoms with van der Waals surface area (Å²) in [5.74, 6) is 1.18. The largest absolute Gasteiger partial charge is 0.497 e. The Morgan fingerprint density at radius 1 is 1.15 bits per heavy atom. The monoisotopic (exact) mass is 351 g/mol. The maximum Gasteiger partial charge on any atom is 0.237 e. The number of H-pyrrole nitrogens is 1. The molecule has 1 aliphatic heterocycles. The van der Waals surface area contributed by atoms with Gasteiger partial charge < -0.3 is 14.5 Å². The Kier molecular flexibility index (Phi) is 4.34. The fraction of sp³-hybridized carbons (Fsp3) is 0.300. The number of carbonyl (C=O) groups excluding carboxylic acids is 1. The summed E-state index contributed by atoms with van der Waals surface area (Å²) in [6.07, 6.45) is 1.26. The van der Waals surface area contributed by atoms with Crippen LogP contribution in [-0.2, 0) is 14.9 Å². The summed E-state index contributed by atoms with van der Waals surface area (Å²) in [6.45, 7) is 1.11. The number of imidazole rings is 1. The molecule has 26 heavy (non-hydrogen) atoms. The van der Waals surface area contributed by atoms with E-state index in [2.05, 4.69) is 15.3 Å². The SMILES string of the molecule is COc1ccc(C2(C(=O)Nc3nc4ccccc4[nH]3)CCOCC2)cc1. The Bertz CT molecular complexity index is 878. The molecule has 1 aromatic heterocycles. The number of methoxy groups -OCH3 is 1. The highest BCUT2D eigenvalue weighted by atomic mass is 16.5. The fourth-order valence-electron chi connectivity index (χ4n) is 3.52. The van der Waals surface area contributed by atoms with Gasteiger partial charge in [-0.05, 0) is 42.7 Å². The van der Waals surface area contributed by atoms with Gasteiger partial charge in [0.15, 0.2) is 0 Å². The van der Waals surface area contributed by atoms with Crippen LogP contribution in [0, 0.1) is 0 Å². The lowest BCUT2D eigenvalue weighted by molar-refractivity contribution is -0.125. The molecule has 0 aliphatic carbocycles. The van der Waals surface area contributed by atoms with Crippen molar-refractivity contribution in [2.75, 3.05) is 25.6 Å². The van der Waals surface area contributed by atoms with Crippen molar-refractivity contribution in [2.24, 2.45) is 0 Å². The number of ether oxygens (including phenoxy) is 2. The van der Waals surface area contributed by atoms with E-state index in [1.54, 1.807) is 7.11 Å². The second kappa shape index (κ2) is 6.80. The van der Waals surface area contributed by atoms with Gasteiger partial charge >= 0.3 is 0 Å². The van der Waals surface area contributed by atoms with Crippen LogP contribution in [0.2, 0.25) is 0 Å². The zero-order valence-corrected chi connectivity index (χ0v) is 14.6. The average molecular weight is 351 g/mol. The van der Waals surface area contributed by atoms with Crippen LogP contribution in [0.1, 0.15) is 18.4 Å². The van der Waals surface area contributed by atoms with Gasteiger partial charge in [-0.1, -0.05) is 24.3 Å². The Morgan fingerprint density at radius 3 is 2.58 bits per heavy atom. The molecule has 0 spiro atoms. The summed E-state index contributed by atoms with van der Waals surface area (Å²) in [4.78, 5) is 20.9. The van der Waals surface area contributed by atoms with E-state index in [1.807, 2.05) is 48.5 Å². The number of aromatic nitrogens is 2. The molecule has 4 rings (SSSR count). The zero-order chi connectivity index (χ0) is 18.0. The molecule has 134 valence electrons. The quantitative estimate of drug-likeness (QED) is 0.756. The smallest absolute Gasteiger partial charge is 0.237 e. The first-order valence-electron chi connectivity index (χ1n) is 8.70. The van der Waals surface area contributed by atoms with Crippen LogP contribution >= 0.6 is 0 Å². The van der Waals surface area contributed by atoms with Crippen molar-refractivity contribution in [2.45, 2.75) is 18.3 Å². The first-order chi connectivity index (χ1) is 12.7. The third kappa shape index (κ3) is 2.93. The Morgan fingerprint density at radius 2 is 1.88 bits per heavy atom. The summed E-state index contributed by atoms with van der Waals surface area (Å²) in [7, 11) is 1.63. The van der Waals surface area contributed by atoms with E-state index in [0.29, 0.717) is 32.0 Å². The molecule has 1 saturated heterocycles. The van der Waals surface area contributed by atoms with Gasteiger partial charge in [-0.3, -0.25) is 10.1 Å². The number of rotatable bonds is 4. The van der Waals surface area contributed by atoms with Gasteiger partial charge in [-0.15, -0.1) is 0 Å². The first-order valence-corrected chi connectivity index (χ1v) is 8.70. The van der Waals surface area contributed by atoms with Gasteiger partial charge in [0.2, 0.25) is 11.9 Å². The van der Waals surface area contributed by atoms with Crippen LogP contribution in [0.25, 0.3) is 11.0 Å². The van der Waals surface area contributed by atoms with E-state index in [4.69, 9.17) is 9.47 Å². The number of aromatic amines is 1. The number of nitrogens with one attached hydrogen (secondary N) is 2. The van der Waals surface area contributed by atoms with Crippen molar-refractivity contribution >= 4 is 22.9 Å². The number of benzene rings is 2. The number of carbonyl (C=O) groups is 1. The van der Waals surface area contributed by atoms with E-state index in [1.165, 1.54) is 0 Å². The number of hydrogen-bond acceptors (Lipinski definition) is 4. The Hall–Kier alpha value is -2.86. The van der Waals surface area contributed by atoms with Crippen LogP contribution < -0.4 is 10.1 Å². The molecule has 6 nitrogen and oxygen atoms in total. The second-order valence-corrected chi connectivity index (χ2v) is 6.48. The maximum absolute atomic E-state index is 13.3. The summed E-state index contributed by atoms with van der Waals surface area (Å²) in [6, 6.07) is 15.4. The Labute approximate surface area is 151 Å². The van der Waals surface area contributed by atoms with Gasteiger partial charge in [0.1, 0.15) is 5.75 Å². The third-order valence-electron chi connectivity index (χ3n) is 5.04. The minimum absolute atomic E-state index is 0.0648. The number of amides is 1. The zero-order valence-electron chi connectivity index (χ0n) is 14.6. The molecular formula is C20H21N3O3. The number of hydrogen-bond donors (Lipinski definition) is 2. The summed E-state index contributed by atoms with van der Waals surface area (Å²) in [5, 5.41) is 2.98. The molecule has 1 amide bonds. The molecular weight excluding hydrogens is 330 g/mol. The predicted molar refractivity (Wildman–Crippen MR) is 99.4 cm³/mol. The number of anilines is 1. The summed E-state index contributed by atoms with van der Waals surface area (Å²) < 4.78 is 10.8. The lowest BCUT2D eigenvalue weighted by atomic mass is 9.73. The highest BCUT2D eigenvalue weighted by Crippen LogP contribution is 2.36. The van der Waals surface area contributed by atoms with E-state index in [9.17, 15) is 4.79 Å². The molecule has 1 fully saturated rings. The molecule has 2 aromatic carbocycles. The number of fused-ring (bicyclic) bond motifs is 1. The number of nitrogens with zero attached hydrogens (tertiary/aromatic N) is 1. The highest BCUT2D eigenvalue weighted by Gasteiger charge is 2.42. The van der Waals surface area contributed by atoms with E-state index in [-0.39, 0.29) is 5.91 Å². The van der Waals surface area contributed by atoms with Crippen LogP contribution in [0.5, 0.6) is 5.75 Å². The molecule has 2 N–H and O–H groups in total. The number of para-hydroxylation sites is 2. The van der Waals surface area contributed by atoms with Gasteiger partial charge in [0.05, 0.1) is 23.6 Å². The first kappa shape index (κ1) is 16.6. The van der Waals surface area contributed by atoms with Gasteiger partial charge in [0.25, 0.3) is 0 Å². The Balaban J connectivity index is 1.65. The molecule has 0 atom stereocenters. The van der Waals surface area contributed by atoms with Crippen molar-refractivity contribution < 1.29 is 14.3 Å². The maximum atomic E-state index is 13.3. The van der Waals surface area contributed by atoms with Crippen LogP contribution in [-0.4, -0.2) is 36.2 Å².